The van der Waals surface area contributed by atoms with Crippen LogP contribution in [0.15, 0.2) is 53.4 Å². The first-order valence-electron chi connectivity index (χ1n) is 7.55. The third-order valence-corrected chi connectivity index (χ3v) is 4.32. The van der Waals surface area contributed by atoms with Crippen LogP contribution in [0.3, 0.4) is 0 Å². The van der Waals surface area contributed by atoms with Crippen molar-refractivity contribution in [2.24, 2.45) is 0 Å². The van der Waals surface area contributed by atoms with Crippen molar-refractivity contribution in [3.05, 3.63) is 54.2 Å². The average Bonchev–Trinajstić information content (AvgIpc) is 3.12. The van der Waals surface area contributed by atoms with Gasteiger partial charge < -0.3 is 4.74 Å². The number of hydrogen-bond acceptors (Lipinski definition) is 5. The molecular weight excluding hydrogens is 322 g/mol. The number of esters is 1. The summed E-state index contributed by atoms with van der Waals surface area (Å²) in [6.07, 6.45) is 2.05. The second kappa shape index (κ2) is 7.31. The lowest BCUT2D eigenvalue weighted by Gasteiger charge is -2.06. The van der Waals surface area contributed by atoms with Crippen LogP contribution in [0.1, 0.15) is 17.4 Å². The van der Waals surface area contributed by atoms with E-state index in [1.807, 2.05) is 24.3 Å². The van der Waals surface area contributed by atoms with E-state index in [0.29, 0.717) is 12.3 Å². The number of aromatic amines is 1. The van der Waals surface area contributed by atoms with Crippen LogP contribution >= 0.6 is 11.8 Å². The first-order chi connectivity index (χ1) is 11.7. The summed E-state index contributed by atoms with van der Waals surface area (Å²) >= 11 is 1.71. The molecule has 0 aliphatic rings. The number of carbonyl (C=O) groups is 1. The highest BCUT2D eigenvalue weighted by Crippen LogP contribution is 2.28. The zero-order valence-corrected chi connectivity index (χ0v) is 14.3. The van der Waals surface area contributed by atoms with Crippen LogP contribution in [0.5, 0.6) is 0 Å². The molecule has 1 aromatic heterocycles. The molecule has 1 heterocycles. The van der Waals surface area contributed by atoms with E-state index in [1.54, 1.807) is 18.7 Å². The number of ether oxygens (including phenoxy) is 1. The Hall–Kier alpha value is -2.60. The third kappa shape index (κ3) is 3.33. The molecule has 0 unspecified atom stereocenters. The minimum absolute atomic E-state index is 0.201. The van der Waals surface area contributed by atoms with Gasteiger partial charge in [0.1, 0.15) is 5.69 Å². The molecule has 0 spiro atoms. The maximum atomic E-state index is 12.0. The van der Waals surface area contributed by atoms with Crippen molar-refractivity contribution >= 4 is 17.7 Å². The summed E-state index contributed by atoms with van der Waals surface area (Å²) in [5.41, 5.74) is 3.68. The molecule has 0 saturated heterocycles. The van der Waals surface area contributed by atoms with E-state index in [9.17, 15) is 4.79 Å². The number of aromatic nitrogens is 3. The Morgan fingerprint density at radius 2 is 1.83 bits per heavy atom. The summed E-state index contributed by atoms with van der Waals surface area (Å²) < 4.78 is 5.03. The summed E-state index contributed by atoms with van der Waals surface area (Å²) in [4.78, 5) is 13.2. The normalized spacial score (nSPS) is 10.6. The molecule has 0 saturated carbocycles. The quantitative estimate of drug-likeness (QED) is 0.561. The lowest BCUT2D eigenvalue weighted by molar-refractivity contribution is 0.0520. The summed E-state index contributed by atoms with van der Waals surface area (Å²) in [7, 11) is 0. The first kappa shape index (κ1) is 16.3. The lowest BCUT2D eigenvalue weighted by atomic mass is 10.0. The molecule has 0 aliphatic heterocycles. The SMILES string of the molecule is CCOC(=O)c1n[nH]nc1-c1cccc(-c2ccc(SC)cc2)c1. The Morgan fingerprint density at radius 3 is 2.54 bits per heavy atom. The van der Waals surface area contributed by atoms with Gasteiger partial charge in [0.05, 0.1) is 6.61 Å². The molecule has 0 atom stereocenters. The zero-order valence-electron chi connectivity index (χ0n) is 13.4. The van der Waals surface area contributed by atoms with Crippen molar-refractivity contribution in [2.45, 2.75) is 11.8 Å². The molecule has 0 fully saturated rings. The highest BCUT2D eigenvalue weighted by atomic mass is 32.2. The van der Waals surface area contributed by atoms with E-state index in [2.05, 4.69) is 45.9 Å². The van der Waals surface area contributed by atoms with Gasteiger partial charge in [-0.1, -0.05) is 30.3 Å². The van der Waals surface area contributed by atoms with Gasteiger partial charge in [-0.25, -0.2) is 4.79 Å². The van der Waals surface area contributed by atoms with Gasteiger partial charge in [0.25, 0.3) is 0 Å². The number of rotatable bonds is 5. The number of benzene rings is 2. The second-order valence-electron chi connectivity index (χ2n) is 5.05. The number of carbonyl (C=O) groups excluding carboxylic acids is 1. The van der Waals surface area contributed by atoms with Gasteiger partial charge in [0.15, 0.2) is 5.69 Å². The highest BCUT2D eigenvalue weighted by molar-refractivity contribution is 7.98. The maximum Gasteiger partial charge on any atom is 0.361 e. The van der Waals surface area contributed by atoms with Crippen LogP contribution < -0.4 is 0 Å². The standard InChI is InChI=1S/C18H17N3O2S/c1-3-23-18(22)17-16(19-21-20-17)14-6-4-5-13(11-14)12-7-9-15(24-2)10-8-12/h4-11H,3H2,1-2H3,(H,19,20,21). The van der Waals surface area contributed by atoms with E-state index in [0.717, 1.165) is 16.7 Å². The molecule has 3 rings (SSSR count). The number of nitrogens with one attached hydrogen (secondary N) is 1. The van der Waals surface area contributed by atoms with E-state index >= 15 is 0 Å². The predicted octanol–water partition coefficient (Wildman–Crippen LogP) is 4.04. The van der Waals surface area contributed by atoms with Crippen molar-refractivity contribution in [3.8, 4) is 22.4 Å². The smallest absolute Gasteiger partial charge is 0.361 e. The minimum atomic E-state index is -0.476. The fraction of sp³-hybridized carbons (Fsp3) is 0.167. The third-order valence-electron chi connectivity index (χ3n) is 3.58. The largest absolute Gasteiger partial charge is 0.461 e. The van der Waals surface area contributed by atoms with Gasteiger partial charge in [-0.3, -0.25) is 0 Å². The number of nitrogens with zero attached hydrogens (tertiary/aromatic N) is 2. The molecule has 0 radical (unpaired) electrons. The van der Waals surface area contributed by atoms with Crippen LogP contribution in [-0.2, 0) is 4.74 Å². The number of H-pyrrole nitrogens is 1. The minimum Gasteiger partial charge on any atom is -0.461 e. The number of thioether (sulfide) groups is 1. The monoisotopic (exact) mass is 339 g/mol. The lowest BCUT2D eigenvalue weighted by Crippen LogP contribution is -2.06. The topological polar surface area (TPSA) is 67.9 Å². The van der Waals surface area contributed by atoms with Gasteiger partial charge in [-0.15, -0.1) is 16.9 Å². The zero-order chi connectivity index (χ0) is 16.9. The molecule has 0 aliphatic carbocycles. The summed E-state index contributed by atoms with van der Waals surface area (Å²) in [6, 6.07) is 16.2. The Labute approximate surface area is 144 Å². The van der Waals surface area contributed by atoms with Gasteiger partial charge in [-0.2, -0.15) is 10.3 Å². The van der Waals surface area contributed by atoms with Crippen molar-refractivity contribution in [3.63, 3.8) is 0 Å². The van der Waals surface area contributed by atoms with Crippen LogP contribution in [0, 0.1) is 0 Å². The van der Waals surface area contributed by atoms with Crippen LogP contribution in [0.25, 0.3) is 22.4 Å². The molecule has 0 amide bonds. The molecule has 3 aromatic rings. The highest BCUT2D eigenvalue weighted by Gasteiger charge is 2.19. The number of hydrogen-bond donors (Lipinski definition) is 1. The summed E-state index contributed by atoms with van der Waals surface area (Å²) in [5, 5.41) is 10.5. The van der Waals surface area contributed by atoms with E-state index in [-0.39, 0.29) is 5.69 Å². The second-order valence-corrected chi connectivity index (χ2v) is 5.93. The van der Waals surface area contributed by atoms with Crippen LogP contribution in [-0.4, -0.2) is 34.2 Å². The molecule has 6 heteroatoms. The van der Waals surface area contributed by atoms with Crippen molar-refractivity contribution in [1.82, 2.24) is 15.4 Å². The van der Waals surface area contributed by atoms with Gasteiger partial charge in [0, 0.05) is 10.5 Å². The molecule has 122 valence electrons. The average molecular weight is 339 g/mol. The van der Waals surface area contributed by atoms with Crippen molar-refractivity contribution < 1.29 is 9.53 Å². The van der Waals surface area contributed by atoms with Crippen LogP contribution in [0.2, 0.25) is 0 Å². The van der Waals surface area contributed by atoms with Gasteiger partial charge in [0.2, 0.25) is 0 Å². The predicted molar refractivity (Wildman–Crippen MR) is 95.0 cm³/mol. The first-order valence-corrected chi connectivity index (χ1v) is 8.78. The fourth-order valence-electron chi connectivity index (χ4n) is 2.40. The van der Waals surface area contributed by atoms with E-state index in [1.165, 1.54) is 4.90 Å². The van der Waals surface area contributed by atoms with Crippen molar-refractivity contribution in [1.29, 1.82) is 0 Å². The van der Waals surface area contributed by atoms with Gasteiger partial charge in [-0.05, 0) is 42.5 Å². The Morgan fingerprint density at radius 1 is 1.08 bits per heavy atom. The van der Waals surface area contributed by atoms with Crippen molar-refractivity contribution in [2.75, 3.05) is 12.9 Å². The van der Waals surface area contributed by atoms with E-state index in [4.69, 9.17) is 4.74 Å². The Kier molecular flexibility index (Phi) is 4.96. The van der Waals surface area contributed by atoms with Gasteiger partial charge >= 0.3 is 5.97 Å². The molecule has 24 heavy (non-hydrogen) atoms. The maximum absolute atomic E-state index is 12.0. The molecule has 0 bridgehead atoms. The van der Waals surface area contributed by atoms with E-state index < -0.39 is 5.97 Å². The Bertz CT molecular complexity index is 843. The summed E-state index contributed by atoms with van der Waals surface area (Å²) in [5.74, 6) is -0.476. The summed E-state index contributed by atoms with van der Waals surface area (Å²) in [6.45, 7) is 2.06. The van der Waals surface area contributed by atoms with Crippen LogP contribution in [0.4, 0.5) is 0 Å². The fourth-order valence-corrected chi connectivity index (χ4v) is 2.81. The molecule has 2 aromatic carbocycles. The molecule has 5 nitrogen and oxygen atoms in total. The molecule has 1 N–H and O–H groups in total. The Balaban J connectivity index is 1.96. The molecular formula is C18H17N3O2S.